The molecule has 3 heterocycles. The molecule has 0 spiro atoms. The molecule has 6 nitrogen and oxygen atoms in total. The molecule has 2 aromatic heterocycles. The fraction of sp³-hybridized carbons (Fsp3) is 0.444. The van der Waals surface area contributed by atoms with Gasteiger partial charge >= 0.3 is 0 Å². The minimum Gasteiger partial charge on any atom is -0.334 e. The molecule has 0 radical (unpaired) electrons. The Bertz CT molecular complexity index is 731. The molecule has 0 aromatic carbocycles. The van der Waals surface area contributed by atoms with Gasteiger partial charge in [0.1, 0.15) is 11.5 Å². The molecule has 1 fully saturated rings. The fourth-order valence-electron chi connectivity index (χ4n) is 3.07. The largest absolute Gasteiger partial charge is 0.334 e. The SMILES string of the molecule is Cc1cccc(Nc2nccnc2C2CCCN2C(=O)C(C)C)n1. The Morgan fingerprint density at radius 1 is 1.29 bits per heavy atom. The van der Waals surface area contributed by atoms with Gasteiger partial charge in [-0.3, -0.25) is 9.78 Å². The van der Waals surface area contributed by atoms with Gasteiger partial charge in [-0.1, -0.05) is 19.9 Å². The number of pyridine rings is 1. The van der Waals surface area contributed by atoms with Gasteiger partial charge < -0.3 is 10.2 Å². The van der Waals surface area contributed by atoms with Gasteiger partial charge in [0.15, 0.2) is 5.82 Å². The smallest absolute Gasteiger partial charge is 0.225 e. The quantitative estimate of drug-likeness (QED) is 0.934. The van der Waals surface area contributed by atoms with Gasteiger partial charge in [0.05, 0.1) is 6.04 Å². The number of carbonyl (C=O) groups excluding carboxylic acids is 1. The van der Waals surface area contributed by atoms with Crippen LogP contribution in [0.25, 0.3) is 0 Å². The maximum absolute atomic E-state index is 12.5. The van der Waals surface area contributed by atoms with E-state index in [0.717, 1.165) is 36.6 Å². The first-order chi connectivity index (χ1) is 11.6. The highest BCUT2D eigenvalue weighted by Gasteiger charge is 2.33. The molecule has 1 saturated heterocycles. The minimum atomic E-state index is -0.0269. The number of hydrogen-bond acceptors (Lipinski definition) is 5. The lowest BCUT2D eigenvalue weighted by molar-refractivity contribution is -0.135. The van der Waals surface area contributed by atoms with Crippen molar-refractivity contribution in [3.8, 4) is 0 Å². The Kier molecular flexibility index (Phi) is 4.74. The molecule has 6 heteroatoms. The maximum Gasteiger partial charge on any atom is 0.225 e. The van der Waals surface area contributed by atoms with Gasteiger partial charge in [-0.15, -0.1) is 0 Å². The average Bonchev–Trinajstić information content (AvgIpc) is 3.04. The normalized spacial score (nSPS) is 17.3. The number of aromatic nitrogens is 3. The van der Waals surface area contributed by atoms with E-state index >= 15 is 0 Å². The van der Waals surface area contributed by atoms with Crippen LogP contribution in [0.2, 0.25) is 0 Å². The van der Waals surface area contributed by atoms with E-state index in [1.165, 1.54) is 0 Å². The van der Waals surface area contributed by atoms with Crippen molar-refractivity contribution in [2.75, 3.05) is 11.9 Å². The van der Waals surface area contributed by atoms with E-state index in [9.17, 15) is 4.79 Å². The molecule has 1 aliphatic heterocycles. The summed E-state index contributed by atoms with van der Waals surface area (Å²) in [6.45, 7) is 6.59. The Labute approximate surface area is 142 Å². The zero-order valence-electron chi connectivity index (χ0n) is 14.4. The number of likely N-dealkylation sites (tertiary alicyclic amines) is 1. The van der Waals surface area contributed by atoms with Crippen LogP contribution in [-0.4, -0.2) is 32.3 Å². The highest BCUT2D eigenvalue weighted by atomic mass is 16.2. The molecule has 1 amide bonds. The lowest BCUT2D eigenvalue weighted by atomic mass is 10.1. The number of nitrogens with zero attached hydrogens (tertiary/aromatic N) is 4. The molecule has 3 rings (SSSR count). The van der Waals surface area contributed by atoms with Gasteiger partial charge in [-0.25, -0.2) is 9.97 Å². The average molecular weight is 325 g/mol. The first-order valence-corrected chi connectivity index (χ1v) is 8.38. The first-order valence-electron chi connectivity index (χ1n) is 8.38. The zero-order chi connectivity index (χ0) is 17.1. The number of rotatable bonds is 4. The summed E-state index contributed by atoms with van der Waals surface area (Å²) >= 11 is 0. The van der Waals surface area contributed by atoms with E-state index in [2.05, 4.69) is 20.3 Å². The number of hydrogen-bond donors (Lipinski definition) is 1. The van der Waals surface area contributed by atoms with Crippen molar-refractivity contribution < 1.29 is 4.79 Å². The van der Waals surface area contributed by atoms with E-state index in [-0.39, 0.29) is 17.9 Å². The van der Waals surface area contributed by atoms with Crippen molar-refractivity contribution in [1.29, 1.82) is 0 Å². The Morgan fingerprint density at radius 3 is 2.83 bits per heavy atom. The molecule has 0 bridgehead atoms. The molecule has 2 aromatic rings. The van der Waals surface area contributed by atoms with Crippen LogP contribution in [0.4, 0.5) is 11.6 Å². The summed E-state index contributed by atoms with van der Waals surface area (Å²) in [5.41, 5.74) is 1.75. The van der Waals surface area contributed by atoms with Gasteiger partial charge in [0.2, 0.25) is 5.91 Å². The molecule has 1 unspecified atom stereocenters. The van der Waals surface area contributed by atoms with Crippen molar-refractivity contribution in [1.82, 2.24) is 19.9 Å². The monoisotopic (exact) mass is 325 g/mol. The van der Waals surface area contributed by atoms with Crippen molar-refractivity contribution in [2.45, 2.75) is 39.7 Å². The van der Waals surface area contributed by atoms with Crippen LogP contribution in [0, 0.1) is 12.8 Å². The summed E-state index contributed by atoms with van der Waals surface area (Å²) in [4.78, 5) is 27.8. The fourth-order valence-corrected chi connectivity index (χ4v) is 3.07. The van der Waals surface area contributed by atoms with E-state index in [1.54, 1.807) is 12.4 Å². The summed E-state index contributed by atoms with van der Waals surface area (Å²) in [6.07, 6.45) is 5.24. The second-order valence-electron chi connectivity index (χ2n) is 6.42. The summed E-state index contributed by atoms with van der Waals surface area (Å²) in [5.74, 6) is 1.56. The number of anilines is 2. The van der Waals surface area contributed by atoms with Crippen LogP contribution in [-0.2, 0) is 4.79 Å². The van der Waals surface area contributed by atoms with Crippen LogP contribution >= 0.6 is 0 Å². The van der Waals surface area contributed by atoms with Gasteiger partial charge in [-0.05, 0) is 31.9 Å². The zero-order valence-corrected chi connectivity index (χ0v) is 14.4. The summed E-state index contributed by atoms with van der Waals surface area (Å²) < 4.78 is 0. The van der Waals surface area contributed by atoms with Crippen molar-refractivity contribution >= 4 is 17.5 Å². The highest BCUT2D eigenvalue weighted by Crippen LogP contribution is 2.35. The third kappa shape index (κ3) is 3.37. The van der Waals surface area contributed by atoms with Gasteiger partial charge in [0.25, 0.3) is 0 Å². The van der Waals surface area contributed by atoms with Crippen LogP contribution < -0.4 is 5.32 Å². The molecular weight excluding hydrogens is 302 g/mol. The topological polar surface area (TPSA) is 71.0 Å². The predicted octanol–water partition coefficient (Wildman–Crippen LogP) is 3.24. The van der Waals surface area contributed by atoms with Crippen LogP contribution in [0.3, 0.4) is 0 Å². The van der Waals surface area contributed by atoms with E-state index in [4.69, 9.17) is 0 Å². The molecule has 24 heavy (non-hydrogen) atoms. The number of carbonyl (C=O) groups is 1. The lowest BCUT2D eigenvalue weighted by Crippen LogP contribution is -2.34. The summed E-state index contributed by atoms with van der Waals surface area (Å²) in [7, 11) is 0. The molecule has 0 aliphatic carbocycles. The van der Waals surface area contributed by atoms with Crippen LogP contribution in [0.5, 0.6) is 0 Å². The maximum atomic E-state index is 12.5. The van der Waals surface area contributed by atoms with E-state index in [1.807, 2.05) is 43.9 Å². The van der Waals surface area contributed by atoms with E-state index < -0.39 is 0 Å². The van der Waals surface area contributed by atoms with Crippen LogP contribution in [0.15, 0.2) is 30.6 Å². The Hall–Kier alpha value is -2.50. The standard InChI is InChI=1S/C18H23N5O/c1-12(2)18(24)23-11-5-7-14(23)16-17(20-10-9-19-16)22-15-8-4-6-13(3)21-15/h4,6,8-10,12,14H,5,7,11H2,1-3H3,(H,20,21,22). The Morgan fingerprint density at radius 2 is 2.08 bits per heavy atom. The number of aryl methyl sites for hydroxylation is 1. The van der Waals surface area contributed by atoms with Crippen molar-refractivity contribution in [2.24, 2.45) is 5.92 Å². The number of amides is 1. The molecule has 1 N–H and O–H groups in total. The Balaban J connectivity index is 1.90. The van der Waals surface area contributed by atoms with Gasteiger partial charge in [0, 0.05) is 30.6 Å². The first kappa shape index (κ1) is 16.4. The van der Waals surface area contributed by atoms with Gasteiger partial charge in [-0.2, -0.15) is 0 Å². The molecule has 126 valence electrons. The van der Waals surface area contributed by atoms with Crippen LogP contribution in [0.1, 0.15) is 44.1 Å². The molecule has 0 saturated carbocycles. The molecule has 1 aliphatic rings. The molecular formula is C18H23N5O. The third-order valence-electron chi connectivity index (χ3n) is 4.21. The van der Waals surface area contributed by atoms with E-state index in [0.29, 0.717) is 5.82 Å². The second-order valence-corrected chi connectivity index (χ2v) is 6.42. The predicted molar refractivity (Wildman–Crippen MR) is 92.8 cm³/mol. The summed E-state index contributed by atoms with van der Waals surface area (Å²) in [6, 6.07) is 5.77. The highest BCUT2D eigenvalue weighted by molar-refractivity contribution is 5.79. The number of nitrogens with one attached hydrogen (secondary N) is 1. The summed E-state index contributed by atoms with van der Waals surface area (Å²) in [5, 5.41) is 3.26. The lowest BCUT2D eigenvalue weighted by Gasteiger charge is -2.27. The van der Waals surface area contributed by atoms with Crippen molar-refractivity contribution in [3.05, 3.63) is 42.0 Å². The second kappa shape index (κ2) is 6.95. The molecule has 1 atom stereocenters. The third-order valence-corrected chi connectivity index (χ3v) is 4.21. The van der Waals surface area contributed by atoms with Crippen molar-refractivity contribution in [3.63, 3.8) is 0 Å². The minimum absolute atomic E-state index is 0.0166.